The maximum atomic E-state index is 12.1. The molecule has 114 valence electrons. The number of hydrogen-bond acceptors (Lipinski definition) is 5. The van der Waals surface area contributed by atoms with E-state index in [1.807, 2.05) is 48.7 Å². The third-order valence-corrected chi connectivity index (χ3v) is 6.71. The Kier molecular flexibility index (Phi) is 5.69. The number of hydrogen-bond donors (Lipinski definition) is 2. The first-order chi connectivity index (χ1) is 9.98. The van der Waals surface area contributed by atoms with E-state index >= 15 is 0 Å². The van der Waals surface area contributed by atoms with Crippen molar-refractivity contribution in [2.75, 3.05) is 17.2 Å². The lowest BCUT2D eigenvalue weighted by atomic mass is 10.3. The van der Waals surface area contributed by atoms with Crippen molar-refractivity contribution in [1.29, 1.82) is 0 Å². The van der Waals surface area contributed by atoms with E-state index in [9.17, 15) is 8.42 Å². The van der Waals surface area contributed by atoms with Gasteiger partial charge in [-0.15, -0.1) is 23.1 Å². The van der Waals surface area contributed by atoms with Gasteiger partial charge in [0.05, 0.1) is 11.8 Å². The molecular weight excluding hydrogens is 324 g/mol. The van der Waals surface area contributed by atoms with Crippen molar-refractivity contribution < 1.29 is 8.42 Å². The van der Waals surface area contributed by atoms with E-state index < -0.39 is 10.0 Å². The number of nitrogen functional groups attached to an aromatic ring is 1. The molecule has 1 atom stereocenters. The summed E-state index contributed by atoms with van der Waals surface area (Å²) >= 11 is 3.00. The Morgan fingerprint density at radius 2 is 2.05 bits per heavy atom. The van der Waals surface area contributed by atoms with Gasteiger partial charge in [0.15, 0.2) is 0 Å². The molecule has 0 saturated heterocycles. The maximum Gasteiger partial charge on any atom is 0.212 e. The largest absolute Gasteiger partial charge is 0.398 e. The second kappa shape index (κ2) is 7.31. The highest BCUT2D eigenvalue weighted by Crippen LogP contribution is 2.24. The molecule has 4 nitrogen and oxygen atoms in total. The molecule has 7 heteroatoms. The summed E-state index contributed by atoms with van der Waals surface area (Å²) in [6.07, 6.45) is 0. The van der Waals surface area contributed by atoms with Crippen LogP contribution in [0.2, 0.25) is 0 Å². The first-order valence-corrected chi connectivity index (χ1v) is 10.0. The van der Waals surface area contributed by atoms with Gasteiger partial charge in [-0.25, -0.2) is 13.1 Å². The highest BCUT2D eigenvalue weighted by atomic mass is 32.2. The van der Waals surface area contributed by atoms with Crippen LogP contribution in [0.5, 0.6) is 0 Å². The zero-order valence-corrected chi connectivity index (χ0v) is 14.1. The van der Waals surface area contributed by atoms with Crippen molar-refractivity contribution in [2.45, 2.75) is 17.9 Å². The minimum absolute atomic E-state index is 0.0711. The van der Waals surface area contributed by atoms with Gasteiger partial charge in [0.2, 0.25) is 10.0 Å². The van der Waals surface area contributed by atoms with Crippen molar-refractivity contribution in [1.82, 2.24) is 4.72 Å². The normalized spacial score (nSPS) is 13.2. The second-order valence-electron chi connectivity index (χ2n) is 4.56. The lowest BCUT2D eigenvalue weighted by molar-refractivity contribution is 0.570. The third-order valence-electron chi connectivity index (χ3n) is 2.85. The number of nitrogens with two attached hydrogens (primary N) is 1. The predicted octanol–water partition coefficient (Wildman–Crippen LogP) is 3.10. The van der Waals surface area contributed by atoms with Gasteiger partial charge in [0.25, 0.3) is 0 Å². The van der Waals surface area contributed by atoms with E-state index in [0.717, 1.165) is 9.77 Å². The highest BCUT2D eigenvalue weighted by Gasteiger charge is 2.16. The lowest BCUT2D eigenvalue weighted by Gasteiger charge is -2.12. The molecule has 1 aromatic carbocycles. The predicted molar refractivity (Wildman–Crippen MR) is 91.2 cm³/mol. The standard InChI is InChI=1S/C14H18N2O2S3/c1-11(13-7-4-8-19-13)16-21(17,18)10-9-20-14-6-3-2-5-12(14)15/h2-8,11,16H,9-10,15H2,1H3. The van der Waals surface area contributed by atoms with Gasteiger partial charge in [0.1, 0.15) is 0 Å². The van der Waals surface area contributed by atoms with Crippen LogP contribution in [0.15, 0.2) is 46.7 Å². The van der Waals surface area contributed by atoms with Crippen LogP contribution in [-0.2, 0) is 10.0 Å². The maximum absolute atomic E-state index is 12.1. The van der Waals surface area contributed by atoms with Gasteiger partial charge in [-0.1, -0.05) is 18.2 Å². The average molecular weight is 343 g/mol. The topological polar surface area (TPSA) is 72.2 Å². The Bertz CT molecular complexity index is 669. The van der Waals surface area contributed by atoms with Crippen LogP contribution in [0.25, 0.3) is 0 Å². The third kappa shape index (κ3) is 5.03. The molecule has 0 radical (unpaired) electrons. The lowest BCUT2D eigenvalue weighted by Crippen LogP contribution is -2.29. The van der Waals surface area contributed by atoms with Crippen LogP contribution < -0.4 is 10.5 Å². The monoisotopic (exact) mass is 342 g/mol. The molecule has 0 aliphatic rings. The molecule has 0 fully saturated rings. The van der Waals surface area contributed by atoms with Crippen LogP contribution >= 0.6 is 23.1 Å². The van der Waals surface area contributed by atoms with Crippen LogP contribution in [0.1, 0.15) is 17.8 Å². The Balaban J connectivity index is 1.86. The Hall–Kier alpha value is -1.02. The molecule has 21 heavy (non-hydrogen) atoms. The molecule has 0 amide bonds. The molecule has 0 aliphatic heterocycles. The zero-order chi connectivity index (χ0) is 15.3. The summed E-state index contributed by atoms with van der Waals surface area (Å²) in [7, 11) is -3.29. The molecule has 1 heterocycles. The van der Waals surface area contributed by atoms with Crippen LogP contribution in [0.4, 0.5) is 5.69 Å². The van der Waals surface area contributed by atoms with Crippen molar-refractivity contribution in [2.24, 2.45) is 0 Å². The Morgan fingerprint density at radius 1 is 1.29 bits per heavy atom. The first kappa shape index (κ1) is 16.4. The first-order valence-electron chi connectivity index (χ1n) is 6.48. The van der Waals surface area contributed by atoms with Crippen LogP contribution in [0.3, 0.4) is 0 Å². The van der Waals surface area contributed by atoms with E-state index in [0.29, 0.717) is 11.4 Å². The number of benzene rings is 1. The quantitative estimate of drug-likeness (QED) is 0.599. The van der Waals surface area contributed by atoms with E-state index in [2.05, 4.69) is 4.72 Å². The van der Waals surface area contributed by atoms with Crippen LogP contribution in [0, 0.1) is 0 Å². The molecule has 1 unspecified atom stereocenters. The second-order valence-corrected chi connectivity index (χ2v) is 8.55. The highest BCUT2D eigenvalue weighted by molar-refractivity contribution is 8.00. The molecule has 0 spiro atoms. The fraction of sp³-hybridized carbons (Fsp3) is 0.286. The van der Waals surface area contributed by atoms with Gasteiger partial charge < -0.3 is 5.73 Å². The summed E-state index contributed by atoms with van der Waals surface area (Å²) in [6, 6.07) is 11.1. The molecule has 0 bridgehead atoms. The number of rotatable bonds is 7. The van der Waals surface area contributed by atoms with Gasteiger partial charge >= 0.3 is 0 Å². The number of thioether (sulfide) groups is 1. The van der Waals surface area contributed by atoms with Gasteiger partial charge in [-0.2, -0.15) is 0 Å². The van der Waals surface area contributed by atoms with E-state index in [4.69, 9.17) is 5.73 Å². The fourth-order valence-corrected chi connectivity index (χ4v) is 5.23. The average Bonchev–Trinajstić information content (AvgIpc) is 2.94. The molecule has 2 aromatic rings. The van der Waals surface area contributed by atoms with Gasteiger partial charge in [-0.3, -0.25) is 0 Å². The fourth-order valence-electron chi connectivity index (χ4n) is 1.80. The molecule has 0 aliphatic carbocycles. The van der Waals surface area contributed by atoms with E-state index in [-0.39, 0.29) is 11.8 Å². The van der Waals surface area contributed by atoms with Gasteiger partial charge in [-0.05, 0) is 30.5 Å². The summed E-state index contributed by atoms with van der Waals surface area (Å²) in [5, 5.41) is 1.94. The number of sulfonamides is 1. The number of para-hydroxylation sites is 1. The van der Waals surface area contributed by atoms with E-state index in [1.54, 1.807) is 11.3 Å². The van der Waals surface area contributed by atoms with Crippen LogP contribution in [-0.4, -0.2) is 19.9 Å². The Morgan fingerprint density at radius 3 is 2.71 bits per heavy atom. The minimum atomic E-state index is -3.29. The summed E-state index contributed by atoms with van der Waals surface area (Å²) in [5.41, 5.74) is 6.51. The summed E-state index contributed by atoms with van der Waals surface area (Å²) < 4.78 is 26.8. The summed E-state index contributed by atoms with van der Waals surface area (Å²) in [6.45, 7) is 1.85. The SMILES string of the molecule is CC(NS(=O)(=O)CCSc1ccccc1N)c1cccs1. The van der Waals surface area contributed by atoms with Crippen molar-refractivity contribution >= 4 is 38.8 Å². The number of anilines is 1. The smallest absolute Gasteiger partial charge is 0.212 e. The molecule has 3 N–H and O–H groups in total. The molecule has 2 rings (SSSR count). The minimum Gasteiger partial charge on any atom is -0.398 e. The molecular formula is C14H18N2O2S3. The number of thiophene rings is 1. The summed E-state index contributed by atoms with van der Waals surface area (Å²) in [5.74, 6) is 0.544. The van der Waals surface area contributed by atoms with Crippen molar-refractivity contribution in [3.63, 3.8) is 0 Å². The van der Waals surface area contributed by atoms with Crippen molar-refractivity contribution in [3.05, 3.63) is 46.7 Å². The summed E-state index contributed by atoms with van der Waals surface area (Å²) in [4.78, 5) is 1.93. The van der Waals surface area contributed by atoms with E-state index in [1.165, 1.54) is 11.8 Å². The molecule has 0 saturated carbocycles. The zero-order valence-electron chi connectivity index (χ0n) is 11.7. The van der Waals surface area contributed by atoms with Gasteiger partial charge in [0, 0.05) is 21.2 Å². The van der Waals surface area contributed by atoms with Crippen molar-refractivity contribution in [3.8, 4) is 0 Å². The molecule has 1 aromatic heterocycles. The number of nitrogens with one attached hydrogen (secondary N) is 1. The Labute approximate surface area is 133 Å².